The Morgan fingerprint density at radius 2 is 1.77 bits per heavy atom. The molecule has 0 spiro atoms. The van der Waals surface area contributed by atoms with Crippen LogP contribution in [0.1, 0.15) is 78.6 Å². The van der Waals surface area contributed by atoms with Gasteiger partial charge in [0.15, 0.2) is 11.3 Å². The van der Waals surface area contributed by atoms with Gasteiger partial charge in [0.2, 0.25) is 0 Å². The molecule has 2 atom stereocenters. The van der Waals surface area contributed by atoms with Gasteiger partial charge in [0, 0.05) is 5.69 Å². The first-order valence-electron chi connectivity index (χ1n) is 10.1. The van der Waals surface area contributed by atoms with E-state index in [0.29, 0.717) is 16.9 Å². The van der Waals surface area contributed by atoms with Crippen molar-refractivity contribution in [2.45, 2.75) is 58.7 Å². The monoisotopic (exact) mass is 496 g/mol. The molecule has 0 saturated carbocycles. The molecule has 9 heteroatoms. The molecule has 31 heavy (non-hydrogen) atoms. The number of hydrogen-bond acceptors (Lipinski definition) is 3. The fraction of sp³-hybridized carbons (Fsp3) is 0.409. The molecule has 3 aromatic rings. The number of nitrogens with one attached hydrogen (secondary N) is 1. The summed E-state index contributed by atoms with van der Waals surface area (Å²) in [6.45, 7) is 7.67. The second kappa shape index (κ2) is 8.98. The van der Waals surface area contributed by atoms with E-state index in [2.05, 4.69) is 45.2 Å². The van der Waals surface area contributed by atoms with Gasteiger partial charge in [-0.1, -0.05) is 45.0 Å². The molecular weight excluding hydrogens is 473 g/mol. The van der Waals surface area contributed by atoms with Crippen LogP contribution in [0, 0.1) is 6.92 Å². The molecule has 0 saturated heterocycles. The zero-order valence-electron chi connectivity index (χ0n) is 17.7. The highest BCUT2D eigenvalue weighted by molar-refractivity contribution is 9.10. The maximum absolute atomic E-state index is 13.4. The molecule has 0 aliphatic rings. The van der Waals surface area contributed by atoms with Gasteiger partial charge in [-0.05, 0) is 58.8 Å². The van der Waals surface area contributed by atoms with Crippen LogP contribution in [-0.2, 0) is 6.18 Å². The van der Waals surface area contributed by atoms with Gasteiger partial charge in [0.25, 0.3) is 5.91 Å². The minimum absolute atomic E-state index is 0.0524. The lowest BCUT2D eigenvalue weighted by atomic mass is 9.95. The number of nitrogens with zero attached hydrogens (tertiary/aromatic N) is 3. The molecule has 0 aliphatic heterocycles. The number of amides is 1. The van der Waals surface area contributed by atoms with Crippen molar-refractivity contribution in [3.8, 4) is 0 Å². The maximum Gasteiger partial charge on any atom is 0.433 e. The molecule has 1 N–H and O–H groups in total. The van der Waals surface area contributed by atoms with Crippen LogP contribution in [0.3, 0.4) is 0 Å². The Balaban J connectivity index is 1.92. The molecule has 1 amide bonds. The lowest BCUT2D eigenvalue weighted by Gasteiger charge is -2.18. The number of hydrogen-bond donors (Lipinski definition) is 1. The number of carbonyl (C=O) groups is 1. The van der Waals surface area contributed by atoms with Crippen molar-refractivity contribution in [1.82, 2.24) is 19.9 Å². The fourth-order valence-corrected chi connectivity index (χ4v) is 3.92. The van der Waals surface area contributed by atoms with Gasteiger partial charge in [0.1, 0.15) is 5.69 Å². The summed E-state index contributed by atoms with van der Waals surface area (Å²) in [5.74, 6) is -0.127. The Bertz CT molecular complexity index is 1090. The Hall–Kier alpha value is -2.42. The minimum atomic E-state index is -4.63. The Labute approximate surface area is 187 Å². The molecule has 1 aromatic carbocycles. The molecule has 2 heterocycles. The van der Waals surface area contributed by atoms with E-state index in [1.807, 2.05) is 31.2 Å². The van der Waals surface area contributed by atoms with Crippen LogP contribution in [0.5, 0.6) is 0 Å². The average molecular weight is 497 g/mol. The summed E-state index contributed by atoms with van der Waals surface area (Å²) in [7, 11) is 0. The molecule has 2 aromatic heterocycles. The summed E-state index contributed by atoms with van der Waals surface area (Å²) in [6.07, 6.45) is -2.98. The highest BCUT2D eigenvalue weighted by atomic mass is 79.9. The molecular formula is C22H24BrF3N4O. The lowest BCUT2D eigenvalue weighted by Crippen LogP contribution is -2.29. The molecule has 5 nitrogen and oxygen atoms in total. The number of aromatic nitrogens is 3. The number of alkyl halides is 3. The SMILES string of the molecule is CCC(C)c1ccc(C(CC)NC(=O)c2nn3c(C(F)(F)F)cc(C)nc3c2Br)cc1. The maximum atomic E-state index is 13.4. The van der Waals surface area contributed by atoms with Gasteiger partial charge in [0.05, 0.1) is 10.5 Å². The third-order valence-corrected chi connectivity index (χ3v) is 6.13. The predicted octanol–water partition coefficient (Wildman–Crippen LogP) is 6.21. The van der Waals surface area contributed by atoms with Gasteiger partial charge < -0.3 is 5.32 Å². The third kappa shape index (κ3) is 4.76. The topological polar surface area (TPSA) is 59.3 Å². The van der Waals surface area contributed by atoms with Gasteiger partial charge in [-0.25, -0.2) is 9.50 Å². The van der Waals surface area contributed by atoms with E-state index < -0.39 is 17.8 Å². The molecule has 0 radical (unpaired) electrons. The van der Waals surface area contributed by atoms with E-state index in [0.717, 1.165) is 18.1 Å². The highest BCUT2D eigenvalue weighted by Gasteiger charge is 2.36. The highest BCUT2D eigenvalue weighted by Crippen LogP contribution is 2.32. The quantitative estimate of drug-likeness (QED) is 0.441. The van der Waals surface area contributed by atoms with Crippen LogP contribution < -0.4 is 5.32 Å². The fourth-order valence-electron chi connectivity index (χ4n) is 3.40. The zero-order chi connectivity index (χ0) is 22.9. The van der Waals surface area contributed by atoms with E-state index in [9.17, 15) is 18.0 Å². The summed E-state index contributed by atoms with van der Waals surface area (Å²) < 4.78 is 41.1. The minimum Gasteiger partial charge on any atom is -0.344 e. The van der Waals surface area contributed by atoms with Gasteiger partial charge >= 0.3 is 6.18 Å². The van der Waals surface area contributed by atoms with E-state index in [4.69, 9.17) is 0 Å². The van der Waals surface area contributed by atoms with Crippen molar-refractivity contribution < 1.29 is 18.0 Å². The van der Waals surface area contributed by atoms with E-state index >= 15 is 0 Å². The summed E-state index contributed by atoms with van der Waals surface area (Å²) in [5.41, 5.74) is 1.15. The number of halogens is 4. The van der Waals surface area contributed by atoms with E-state index in [-0.39, 0.29) is 27.5 Å². The van der Waals surface area contributed by atoms with E-state index in [1.165, 1.54) is 12.5 Å². The number of fused-ring (bicyclic) bond motifs is 1. The predicted molar refractivity (Wildman–Crippen MR) is 116 cm³/mol. The van der Waals surface area contributed by atoms with Crippen LogP contribution in [0.25, 0.3) is 5.65 Å². The third-order valence-electron chi connectivity index (χ3n) is 5.40. The van der Waals surface area contributed by atoms with Gasteiger partial charge in [-0.2, -0.15) is 18.3 Å². The Kier molecular flexibility index (Phi) is 6.73. The van der Waals surface area contributed by atoms with Crippen molar-refractivity contribution >= 4 is 27.5 Å². The Morgan fingerprint density at radius 1 is 1.16 bits per heavy atom. The van der Waals surface area contributed by atoms with Crippen LogP contribution in [0.15, 0.2) is 34.8 Å². The summed E-state index contributed by atoms with van der Waals surface area (Å²) in [5, 5.41) is 6.81. The summed E-state index contributed by atoms with van der Waals surface area (Å²) in [4.78, 5) is 17.0. The molecule has 2 unspecified atom stereocenters. The normalized spacial score (nSPS) is 13.9. The van der Waals surface area contributed by atoms with Crippen molar-refractivity contribution in [3.05, 3.63) is 63.0 Å². The largest absolute Gasteiger partial charge is 0.433 e. The van der Waals surface area contributed by atoms with E-state index in [1.54, 1.807) is 0 Å². The molecule has 0 aliphatic carbocycles. The van der Waals surface area contributed by atoms with Gasteiger partial charge in [-0.3, -0.25) is 4.79 Å². The number of rotatable bonds is 6. The van der Waals surface area contributed by atoms with Crippen molar-refractivity contribution in [2.75, 3.05) is 0 Å². The van der Waals surface area contributed by atoms with Crippen molar-refractivity contribution in [3.63, 3.8) is 0 Å². The second-order valence-electron chi connectivity index (χ2n) is 7.59. The van der Waals surface area contributed by atoms with Crippen LogP contribution in [0.4, 0.5) is 13.2 Å². The van der Waals surface area contributed by atoms with Crippen molar-refractivity contribution in [2.24, 2.45) is 0 Å². The first-order chi connectivity index (χ1) is 14.6. The van der Waals surface area contributed by atoms with Gasteiger partial charge in [-0.15, -0.1) is 0 Å². The van der Waals surface area contributed by atoms with Crippen molar-refractivity contribution in [1.29, 1.82) is 0 Å². The number of aryl methyl sites for hydroxylation is 1. The number of benzene rings is 1. The zero-order valence-corrected chi connectivity index (χ0v) is 19.3. The van der Waals surface area contributed by atoms with Crippen LogP contribution in [-0.4, -0.2) is 20.5 Å². The summed E-state index contributed by atoms with van der Waals surface area (Å²) >= 11 is 3.21. The number of carbonyl (C=O) groups excluding carboxylic acids is 1. The lowest BCUT2D eigenvalue weighted by molar-refractivity contribution is -0.142. The average Bonchev–Trinajstić information content (AvgIpc) is 3.06. The Morgan fingerprint density at radius 3 is 2.32 bits per heavy atom. The molecule has 0 fully saturated rings. The smallest absolute Gasteiger partial charge is 0.344 e. The molecule has 3 rings (SSSR count). The van der Waals surface area contributed by atoms with Crippen LogP contribution in [0.2, 0.25) is 0 Å². The molecule has 166 valence electrons. The van der Waals surface area contributed by atoms with Crippen LogP contribution >= 0.6 is 15.9 Å². The first kappa shape index (κ1) is 23.2. The summed E-state index contributed by atoms with van der Waals surface area (Å²) in [6, 6.07) is 8.64. The molecule has 0 bridgehead atoms. The first-order valence-corrected chi connectivity index (χ1v) is 10.9. The standard InChI is InChI=1S/C22H24BrF3N4O/c1-5-12(3)14-7-9-15(10-8-14)16(6-2)28-21(31)19-18(23)20-27-13(4)11-17(22(24,25)26)30(20)29-19/h7-12,16H,5-6H2,1-4H3,(H,28,31). The second-order valence-corrected chi connectivity index (χ2v) is 8.38.